The molecular weight excluding hydrogens is 334 g/mol. The van der Waals surface area contributed by atoms with Crippen LogP contribution in [0.2, 0.25) is 0 Å². The standard InChI is InChI=1S/C21H25NO2.ClH/c1-3-23-20-9-6-17(7-10-20)5-4-13-22(2)16-18-8-11-21-19(15-18)12-14-24-21;/h4-11,15H,3,12-14,16H2,1-2H3;1H/b5-4+;. The Kier molecular flexibility index (Phi) is 7.35. The number of halogens is 1. The van der Waals surface area contributed by atoms with Gasteiger partial charge < -0.3 is 9.47 Å². The summed E-state index contributed by atoms with van der Waals surface area (Å²) in [6.45, 7) is 5.38. The number of likely N-dealkylation sites (N-methyl/N-ethyl adjacent to an activating group) is 1. The molecule has 0 unspecified atom stereocenters. The number of hydrogen-bond acceptors (Lipinski definition) is 3. The lowest BCUT2D eigenvalue weighted by Crippen LogP contribution is -2.17. The Bertz CT molecular complexity index is 698. The maximum atomic E-state index is 5.56. The molecule has 1 aliphatic heterocycles. The van der Waals surface area contributed by atoms with Crippen LogP contribution in [0.4, 0.5) is 0 Å². The maximum absolute atomic E-state index is 5.56. The van der Waals surface area contributed by atoms with E-state index in [4.69, 9.17) is 9.47 Å². The van der Waals surface area contributed by atoms with Crippen molar-refractivity contribution in [1.29, 1.82) is 0 Å². The molecule has 1 aliphatic rings. The van der Waals surface area contributed by atoms with Crippen LogP contribution in [0.3, 0.4) is 0 Å². The molecule has 0 spiro atoms. The number of hydrogen-bond donors (Lipinski definition) is 0. The lowest BCUT2D eigenvalue weighted by Gasteiger charge is -2.15. The lowest BCUT2D eigenvalue weighted by atomic mass is 10.1. The van der Waals surface area contributed by atoms with E-state index in [1.165, 1.54) is 16.7 Å². The van der Waals surface area contributed by atoms with Crippen molar-refractivity contribution in [2.75, 3.05) is 26.8 Å². The van der Waals surface area contributed by atoms with E-state index in [0.29, 0.717) is 6.61 Å². The van der Waals surface area contributed by atoms with Crippen molar-refractivity contribution in [3.63, 3.8) is 0 Å². The van der Waals surface area contributed by atoms with Crippen molar-refractivity contribution in [3.05, 3.63) is 65.2 Å². The van der Waals surface area contributed by atoms with E-state index in [0.717, 1.165) is 37.6 Å². The third-order valence-electron chi connectivity index (χ3n) is 4.12. The van der Waals surface area contributed by atoms with Crippen LogP contribution in [0.1, 0.15) is 23.6 Å². The molecule has 2 aromatic carbocycles. The Balaban J connectivity index is 0.00000225. The zero-order valence-corrected chi connectivity index (χ0v) is 15.7. The minimum Gasteiger partial charge on any atom is -0.494 e. The van der Waals surface area contributed by atoms with Crippen LogP contribution in [-0.4, -0.2) is 31.7 Å². The number of benzene rings is 2. The van der Waals surface area contributed by atoms with E-state index in [9.17, 15) is 0 Å². The number of rotatable bonds is 7. The molecule has 3 rings (SSSR count). The molecule has 4 heteroatoms. The molecule has 0 fully saturated rings. The molecule has 0 radical (unpaired) electrons. The van der Waals surface area contributed by atoms with Gasteiger partial charge in [-0.2, -0.15) is 0 Å². The van der Waals surface area contributed by atoms with Crippen LogP contribution < -0.4 is 9.47 Å². The normalized spacial score (nSPS) is 12.8. The molecule has 25 heavy (non-hydrogen) atoms. The van der Waals surface area contributed by atoms with Crippen molar-refractivity contribution in [2.45, 2.75) is 19.9 Å². The Labute approximate surface area is 156 Å². The molecule has 134 valence electrons. The molecule has 1 heterocycles. The predicted octanol–water partition coefficient (Wildman–Crippen LogP) is 4.59. The number of nitrogens with zero attached hydrogens (tertiary/aromatic N) is 1. The molecule has 0 saturated heterocycles. The van der Waals surface area contributed by atoms with Gasteiger partial charge in [-0.3, -0.25) is 4.90 Å². The molecule has 0 amide bonds. The van der Waals surface area contributed by atoms with E-state index < -0.39 is 0 Å². The highest BCUT2D eigenvalue weighted by molar-refractivity contribution is 5.85. The van der Waals surface area contributed by atoms with E-state index in [-0.39, 0.29) is 12.4 Å². The molecule has 0 N–H and O–H groups in total. The SMILES string of the molecule is CCOc1ccc(/C=C/CN(C)Cc2ccc3c(c2)CCO3)cc1.Cl. The molecule has 0 saturated carbocycles. The van der Waals surface area contributed by atoms with Gasteiger partial charge in [0.15, 0.2) is 0 Å². The van der Waals surface area contributed by atoms with Gasteiger partial charge in [0.05, 0.1) is 13.2 Å². The van der Waals surface area contributed by atoms with Crippen LogP contribution in [0.15, 0.2) is 48.5 Å². The zero-order chi connectivity index (χ0) is 16.8. The van der Waals surface area contributed by atoms with Crippen LogP contribution in [-0.2, 0) is 13.0 Å². The van der Waals surface area contributed by atoms with Crippen LogP contribution in [0.5, 0.6) is 11.5 Å². The van der Waals surface area contributed by atoms with Gasteiger partial charge in [-0.15, -0.1) is 12.4 Å². The van der Waals surface area contributed by atoms with Gasteiger partial charge in [0.2, 0.25) is 0 Å². The summed E-state index contributed by atoms with van der Waals surface area (Å²) in [5.74, 6) is 1.98. The van der Waals surface area contributed by atoms with Crippen molar-refractivity contribution >= 4 is 18.5 Å². The van der Waals surface area contributed by atoms with Crippen LogP contribution in [0.25, 0.3) is 6.08 Å². The highest BCUT2D eigenvalue weighted by Gasteiger charge is 2.12. The van der Waals surface area contributed by atoms with Crippen molar-refractivity contribution in [1.82, 2.24) is 4.90 Å². The van der Waals surface area contributed by atoms with Crippen LogP contribution >= 0.6 is 12.4 Å². The summed E-state index contributed by atoms with van der Waals surface area (Å²) in [4.78, 5) is 2.31. The lowest BCUT2D eigenvalue weighted by molar-refractivity contribution is 0.340. The largest absolute Gasteiger partial charge is 0.494 e. The van der Waals surface area contributed by atoms with Crippen molar-refractivity contribution in [3.8, 4) is 11.5 Å². The highest BCUT2D eigenvalue weighted by atomic mass is 35.5. The fourth-order valence-electron chi connectivity index (χ4n) is 2.93. The van der Waals surface area contributed by atoms with E-state index in [1.807, 2.05) is 19.1 Å². The smallest absolute Gasteiger partial charge is 0.122 e. The molecular formula is C21H26ClNO2. The Hall–Kier alpha value is -1.97. The molecule has 3 nitrogen and oxygen atoms in total. The monoisotopic (exact) mass is 359 g/mol. The first-order chi connectivity index (χ1) is 11.7. The minimum absolute atomic E-state index is 0. The zero-order valence-electron chi connectivity index (χ0n) is 14.9. The summed E-state index contributed by atoms with van der Waals surface area (Å²) in [7, 11) is 2.15. The minimum atomic E-state index is 0. The molecule has 0 atom stereocenters. The van der Waals surface area contributed by atoms with E-state index in [1.54, 1.807) is 0 Å². The fourth-order valence-corrected chi connectivity index (χ4v) is 2.93. The summed E-state index contributed by atoms with van der Waals surface area (Å²) in [5, 5.41) is 0. The Morgan fingerprint density at radius 2 is 1.96 bits per heavy atom. The summed E-state index contributed by atoms with van der Waals surface area (Å²) in [6, 6.07) is 14.7. The number of ether oxygens (including phenoxy) is 2. The molecule has 0 bridgehead atoms. The van der Waals surface area contributed by atoms with Crippen molar-refractivity contribution in [2.24, 2.45) is 0 Å². The predicted molar refractivity (Wildman–Crippen MR) is 106 cm³/mol. The van der Waals surface area contributed by atoms with Gasteiger partial charge in [0.1, 0.15) is 11.5 Å². The second-order valence-corrected chi connectivity index (χ2v) is 6.14. The number of fused-ring (bicyclic) bond motifs is 1. The summed E-state index contributed by atoms with van der Waals surface area (Å²) >= 11 is 0. The second kappa shape index (κ2) is 9.50. The van der Waals surface area contributed by atoms with Gasteiger partial charge in [-0.25, -0.2) is 0 Å². The summed E-state index contributed by atoms with van der Waals surface area (Å²) in [5.41, 5.74) is 3.88. The maximum Gasteiger partial charge on any atom is 0.122 e. The average molecular weight is 360 g/mol. The van der Waals surface area contributed by atoms with Gasteiger partial charge in [-0.05, 0) is 48.9 Å². The van der Waals surface area contributed by atoms with Gasteiger partial charge in [0.25, 0.3) is 0 Å². The van der Waals surface area contributed by atoms with Crippen molar-refractivity contribution < 1.29 is 9.47 Å². The first-order valence-electron chi connectivity index (χ1n) is 8.57. The van der Waals surface area contributed by atoms with Gasteiger partial charge >= 0.3 is 0 Å². The quantitative estimate of drug-likeness (QED) is 0.721. The summed E-state index contributed by atoms with van der Waals surface area (Å²) in [6.07, 6.45) is 5.39. The highest BCUT2D eigenvalue weighted by Crippen LogP contribution is 2.26. The van der Waals surface area contributed by atoms with E-state index >= 15 is 0 Å². The second-order valence-electron chi connectivity index (χ2n) is 6.14. The molecule has 0 aromatic heterocycles. The average Bonchev–Trinajstić information content (AvgIpc) is 3.04. The third kappa shape index (κ3) is 5.52. The van der Waals surface area contributed by atoms with Crippen LogP contribution in [0, 0.1) is 0 Å². The topological polar surface area (TPSA) is 21.7 Å². The Morgan fingerprint density at radius 1 is 1.16 bits per heavy atom. The summed E-state index contributed by atoms with van der Waals surface area (Å²) < 4.78 is 11.0. The first kappa shape index (κ1) is 19.4. The third-order valence-corrected chi connectivity index (χ3v) is 4.12. The Morgan fingerprint density at radius 3 is 2.72 bits per heavy atom. The molecule has 2 aromatic rings. The fraction of sp³-hybridized carbons (Fsp3) is 0.333. The first-order valence-corrected chi connectivity index (χ1v) is 8.57. The van der Waals surface area contributed by atoms with Gasteiger partial charge in [0, 0.05) is 19.5 Å². The van der Waals surface area contributed by atoms with E-state index in [2.05, 4.69) is 54.4 Å². The van der Waals surface area contributed by atoms with Gasteiger partial charge in [-0.1, -0.05) is 36.4 Å². The molecule has 0 aliphatic carbocycles.